The number of ether oxygens (including phenoxy) is 3. The summed E-state index contributed by atoms with van der Waals surface area (Å²) in [5, 5.41) is 2.76. The second kappa shape index (κ2) is 10.5. The van der Waals surface area contributed by atoms with Crippen molar-refractivity contribution in [3.63, 3.8) is 0 Å². The summed E-state index contributed by atoms with van der Waals surface area (Å²) in [5.74, 6) is -4.19. The Morgan fingerprint density at radius 3 is 2.57 bits per heavy atom. The summed E-state index contributed by atoms with van der Waals surface area (Å²) in [6.45, 7) is 4.69. The first-order chi connectivity index (χ1) is 17.4. The summed E-state index contributed by atoms with van der Waals surface area (Å²) in [7, 11) is 0. The van der Waals surface area contributed by atoms with E-state index in [-0.39, 0.29) is 37.7 Å². The molecule has 3 unspecified atom stereocenters. The van der Waals surface area contributed by atoms with Crippen LogP contribution in [0.1, 0.15) is 39.2 Å². The molecule has 0 saturated carbocycles. The molecule has 1 N–H and O–H groups in total. The van der Waals surface area contributed by atoms with E-state index in [4.69, 9.17) is 14.2 Å². The summed E-state index contributed by atoms with van der Waals surface area (Å²) >= 11 is 0. The quantitative estimate of drug-likeness (QED) is 0.618. The number of hydrogen-bond acceptors (Lipinski definition) is 6. The van der Waals surface area contributed by atoms with E-state index in [1.165, 1.54) is 11.2 Å². The fourth-order valence-electron chi connectivity index (χ4n) is 4.62. The average molecular weight is 522 g/mol. The lowest BCUT2D eigenvalue weighted by molar-refractivity contribution is -0.136. The summed E-state index contributed by atoms with van der Waals surface area (Å²) < 4.78 is 44.0. The molecule has 1 aromatic rings. The first kappa shape index (κ1) is 26.7. The first-order valence-corrected chi connectivity index (χ1v) is 12.4. The zero-order valence-electron chi connectivity index (χ0n) is 21.2. The summed E-state index contributed by atoms with van der Waals surface area (Å²) in [6.07, 6.45) is 0.251. The van der Waals surface area contributed by atoms with Crippen LogP contribution in [0, 0.1) is 5.92 Å². The van der Waals surface area contributed by atoms with Gasteiger partial charge in [-0.15, -0.1) is 0 Å². The maximum atomic E-state index is 13.7. The van der Waals surface area contributed by atoms with Crippen LogP contribution >= 0.6 is 0 Å². The molecule has 4 rings (SSSR count). The Bertz CT molecular complexity index is 1040. The zero-order valence-corrected chi connectivity index (χ0v) is 21.2. The minimum atomic E-state index is -2.94. The Labute approximate surface area is 214 Å². The molecule has 3 heterocycles. The van der Waals surface area contributed by atoms with Crippen LogP contribution < -0.4 is 5.32 Å². The molecular formula is C26H33F2N3O6. The second-order valence-electron chi connectivity index (χ2n) is 10.7. The molecule has 0 radical (unpaired) electrons. The van der Waals surface area contributed by atoms with Gasteiger partial charge in [-0.3, -0.25) is 14.5 Å². The predicted octanol–water partition coefficient (Wildman–Crippen LogP) is 3.05. The van der Waals surface area contributed by atoms with Gasteiger partial charge in [0.2, 0.25) is 18.0 Å². The van der Waals surface area contributed by atoms with Crippen molar-refractivity contribution in [1.29, 1.82) is 0 Å². The number of alkyl halides is 2. The normalized spacial score (nSPS) is 24.8. The van der Waals surface area contributed by atoms with E-state index in [9.17, 15) is 23.2 Å². The van der Waals surface area contributed by atoms with Crippen LogP contribution in [0.2, 0.25) is 0 Å². The standard InChI is InChI=1S/C26H33F2N3O6/c1-25(2,3)37-24(34)31-14-18(11-19(31)23(33)30-10-9-26(27,28)16-30)13-29-22(32)20-15-35-21(36-20)12-17-7-5-4-6-8-17/h4-8,15,18-19,21H,9-14,16H2,1-3H3,(H,29,32). The maximum absolute atomic E-state index is 13.7. The molecule has 1 aromatic carbocycles. The molecule has 202 valence electrons. The average Bonchev–Trinajstić information content (AvgIpc) is 3.55. The van der Waals surface area contributed by atoms with Crippen molar-refractivity contribution in [2.24, 2.45) is 5.92 Å². The Morgan fingerprint density at radius 2 is 1.92 bits per heavy atom. The Balaban J connectivity index is 1.33. The number of nitrogens with one attached hydrogen (secondary N) is 1. The molecule has 0 aliphatic carbocycles. The van der Waals surface area contributed by atoms with Gasteiger partial charge in [-0.1, -0.05) is 30.3 Å². The van der Waals surface area contributed by atoms with Crippen molar-refractivity contribution in [1.82, 2.24) is 15.1 Å². The van der Waals surface area contributed by atoms with E-state index >= 15 is 0 Å². The Hall–Kier alpha value is -3.37. The topological polar surface area (TPSA) is 97.4 Å². The predicted molar refractivity (Wildman–Crippen MR) is 128 cm³/mol. The number of amides is 3. The van der Waals surface area contributed by atoms with E-state index in [0.29, 0.717) is 6.42 Å². The van der Waals surface area contributed by atoms with Gasteiger partial charge in [-0.25, -0.2) is 13.6 Å². The van der Waals surface area contributed by atoms with Crippen molar-refractivity contribution in [2.45, 2.75) is 63.9 Å². The van der Waals surface area contributed by atoms with E-state index in [1.807, 2.05) is 30.3 Å². The van der Waals surface area contributed by atoms with Gasteiger partial charge in [-0.05, 0) is 38.7 Å². The lowest BCUT2D eigenvalue weighted by atomic mass is 10.0. The summed E-state index contributed by atoms with van der Waals surface area (Å²) in [6, 6.07) is 8.64. The highest BCUT2D eigenvalue weighted by atomic mass is 19.3. The molecule has 3 atom stereocenters. The van der Waals surface area contributed by atoms with Crippen LogP contribution in [0.25, 0.3) is 0 Å². The summed E-state index contributed by atoms with van der Waals surface area (Å²) in [4.78, 5) is 41.0. The molecule has 3 aliphatic rings. The third-order valence-electron chi connectivity index (χ3n) is 6.39. The van der Waals surface area contributed by atoms with Crippen LogP contribution in [0.5, 0.6) is 0 Å². The van der Waals surface area contributed by atoms with Crippen LogP contribution in [0.3, 0.4) is 0 Å². The molecule has 9 nitrogen and oxygen atoms in total. The first-order valence-electron chi connectivity index (χ1n) is 12.4. The number of benzene rings is 1. The van der Waals surface area contributed by atoms with E-state index in [1.54, 1.807) is 20.8 Å². The van der Waals surface area contributed by atoms with Gasteiger partial charge in [-0.2, -0.15) is 0 Å². The lowest BCUT2D eigenvalue weighted by Crippen LogP contribution is -2.48. The third kappa shape index (κ3) is 6.90. The number of rotatable bonds is 6. The molecule has 2 saturated heterocycles. The van der Waals surface area contributed by atoms with Crippen molar-refractivity contribution in [3.05, 3.63) is 47.9 Å². The fourth-order valence-corrected chi connectivity index (χ4v) is 4.62. The van der Waals surface area contributed by atoms with Gasteiger partial charge < -0.3 is 24.4 Å². The van der Waals surface area contributed by atoms with Crippen molar-refractivity contribution >= 4 is 17.9 Å². The second-order valence-corrected chi connectivity index (χ2v) is 10.7. The minimum absolute atomic E-state index is 0.0369. The molecule has 0 bridgehead atoms. The van der Waals surface area contributed by atoms with Crippen LogP contribution in [0.4, 0.5) is 13.6 Å². The Morgan fingerprint density at radius 1 is 1.19 bits per heavy atom. The number of likely N-dealkylation sites (tertiary alicyclic amines) is 2. The van der Waals surface area contributed by atoms with E-state index < -0.39 is 54.7 Å². The monoisotopic (exact) mass is 521 g/mol. The van der Waals surface area contributed by atoms with Crippen LogP contribution in [-0.2, 0) is 30.2 Å². The molecule has 2 fully saturated rings. The van der Waals surface area contributed by atoms with Crippen molar-refractivity contribution < 1.29 is 37.4 Å². The lowest BCUT2D eigenvalue weighted by Gasteiger charge is -2.30. The smallest absolute Gasteiger partial charge is 0.410 e. The highest BCUT2D eigenvalue weighted by Crippen LogP contribution is 2.32. The number of halogens is 2. The Kier molecular flexibility index (Phi) is 7.61. The van der Waals surface area contributed by atoms with Crippen molar-refractivity contribution in [2.75, 3.05) is 26.2 Å². The van der Waals surface area contributed by atoms with Gasteiger partial charge in [0.05, 0.1) is 6.54 Å². The molecule has 3 aliphatic heterocycles. The fraction of sp³-hybridized carbons (Fsp3) is 0.577. The number of nitrogens with zero attached hydrogens (tertiary/aromatic N) is 2. The molecule has 0 spiro atoms. The highest BCUT2D eigenvalue weighted by molar-refractivity contribution is 5.91. The van der Waals surface area contributed by atoms with Gasteiger partial charge in [0.25, 0.3) is 11.8 Å². The SMILES string of the molecule is CC(C)(C)OC(=O)N1CC(CNC(=O)C2=COC(Cc3ccccc3)O2)CC1C(=O)N1CCC(F)(F)C1. The summed E-state index contributed by atoms with van der Waals surface area (Å²) in [5.41, 5.74) is 0.211. The highest BCUT2D eigenvalue weighted by Gasteiger charge is 2.47. The van der Waals surface area contributed by atoms with Gasteiger partial charge >= 0.3 is 6.09 Å². The number of carbonyl (C=O) groups is 3. The number of hydrogen-bond donors (Lipinski definition) is 1. The van der Waals surface area contributed by atoms with E-state index in [0.717, 1.165) is 10.5 Å². The zero-order chi connectivity index (χ0) is 26.8. The molecule has 3 amide bonds. The van der Waals surface area contributed by atoms with Crippen molar-refractivity contribution in [3.8, 4) is 0 Å². The number of carbonyl (C=O) groups excluding carboxylic acids is 3. The van der Waals surface area contributed by atoms with Gasteiger partial charge in [0, 0.05) is 32.5 Å². The van der Waals surface area contributed by atoms with Crippen LogP contribution in [0.15, 0.2) is 42.4 Å². The molecule has 0 aromatic heterocycles. The molecular weight excluding hydrogens is 488 g/mol. The maximum Gasteiger partial charge on any atom is 0.410 e. The van der Waals surface area contributed by atoms with Crippen LogP contribution in [-0.4, -0.2) is 77.7 Å². The van der Waals surface area contributed by atoms with Gasteiger partial charge in [0.15, 0.2) is 0 Å². The van der Waals surface area contributed by atoms with Gasteiger partial charge in [0.1, 0.15) is 17.9 Å². The molecule has 11 heteroatoms. The minimum Gasteiger partial charge on any atom is -0.458 e. The van der Waals surface area contributed by atoms with E-state index in [2.05, 4.69) is 5.32 Å². The molecule has 37 heavy (non-hydrogen) atoms. The largest absolute Gasteiger partial charge is 0.458 e. The third-order valence-corrected chi connectivity index (χ3v) is 6.39.